The minimum Gasteiger partial charge on any atom is -0.493 e. The van der Waals surface area contributed by atoms with Crippen LogP contribution in [0, 0.1) is 5.92 Å². The Morgan fingerprint density at radius 1 is 1.03 bits per heavy atom. The van der Waals surface area contributed by atoms with Gasteiger partial charge < -0.3 is 29.3 Å². The summed E-state index contributed by atoms with van der Waals surface area (Å²) in [5.41, 5.74) is 0.282. The molecule has 35 heavy (non-hydrogen) atoms. The van der Waals surface area contributed by atoms with Gasteiger partial charge in [0.25, 0.3) is 5.91 Å². The monoisotopic (exact) mass is 488 g/mol. The maximum atomic E-state index is 13.2. The van der Waals surface area contributed by atoms with Gasteiger partial charge >= 0.3 is 6.03 Å². The lowest BCUT2D eigenvalue weighted by atomic mass is 9.83. The third kappa shape index (κ3) is 5.03. The van der Waals surface area contributed by atoms with E-state index in [1.165, 1.54) is 52.7 Å². The summed E-state index contributed by atoms with van der Waals surface area (Å²) in [6.07, 6.45) is 5.88. The number of piperidine rings is 2. The van der Waals surface area contributed by atoms with Gasteiger partial charge in [0, 0.05) is 31.8 Å². The first-order chi connectivity index (χ1) is 16.9. The van der Waals surface area contributed by atoms with Gasteiger partial charge in [-0.05, 0) is 44.7 Å². The molecule has 3 atom stereocenters. The van der Waals surface area contributed by atoms with Crippen molar-refractivity contribution in [2.24, 2.45) is 5.92 Å². The number of hydrogen-bond donors (Lipinski definition) is 1. The molecule has 3 heterocycles. The van der Waals surface area contributed by atoms with Crippen LogP contribution in [0.5, 0.6) is 17.2 Å². The Hall–Kier alpha value is -3.01. The molecule has 192 valence electrons. The molecule has 0 radical (unpaired) electrons. The van der Waals surface area contributed by atoms with E-state index in [4.69, 9.17) is 14.2 Å². The van der Waals surface area contributed by atoms with E-state index in [0.717, 1.165) is 30.8 Å². The minimum absolute atomic E-state index is 0.0803. The molecule has 1 N–H and O–H groups in total. The summed E-state index contributed by atoms with van der Waals surface area (Å²) in [6, 6.07) is 2.10. The number of nitrogens with one attached hydrogen (secondary N) is 1. The van der Waals surface area contributed by atoms with E-state index in [9.17, 15) is 14.4 Å². The first-order valence-electron chi connectivity index (χ1n) is 12.3. The SMILES string of the molecule is COc1cc(N2C(=O)N[C@@H](CC(=O)N(C)C[C@@H]3CCCN4CCCC[C@H]34)C2=O)cc(OC)c1OC. The minimum atomic E-state index is -0.922. The second-order valence-electron chi connectivity index (χ2n) is 9.54. The average Bonchev–Trinajstić information content (AvgIpc) is 3.15. The third-order valence-electron chi connectivity index (χ3n) is 7.47. The first kappa shape index (κ1) is 25.1. The number of carbonyl (C=O) groups is 3. The second kappa shape index (κ2) is 10.7. The Balaban J connectivity index is 1.42. The van der Waals surface area contributed by atoms with Crippen LogP contribution >= 0.6 is 0 Å². The first-order valence-corrected chi connectivity index (χ1v) is 12.3. The van der Waals surface area contributed by atoms with Crippen molar-refractivity contribution in [1.29, 1.82) is 0 Å². The zero-order chi connectivity index (χ0) is 25.1. The van der Waals surface area contributed by atoms with E-state index >= 15 is 0 Å². The fourth-order valence-corrected chi connectivity index (χ4v) is 5.68. The van der Waals surface area contributed by atoms with Crippen LogP contribution in [0.1, 0.15) is 38.5 Å². The van der Waals surface area contributed by atoms with E-state index < -0.39 is 18.0 Å². The van der Waals surface area contributed by atoms with E-state index in [0.29, 0.717) is 35.8 Å². The van der Waals surface area contributed by atoms with Gasteiger partial charge in [0.15, 0.2) is 11.5 Å². The average molecular weight is 489 g/mol. The highest BCUT2D eigenvalue weighted by Crippen LogP contribution is 2.41. The number of fused-ring (bicyclic) bond motifs is 1. The quantitative estimate of drug-likeness (QED) is 0.560. The smallest absolute Gasteiger partial charge is 0.329 e. The van der Waals surface area contributed by atoms with Crippen molar-refractivity contribution in [3.63, 3.8) is 0 Å². The molecule has 1 aromatic carbocycles. The van der Waals surface area contributed by atoms with Crippen molar-refractivity contribution in [2.75, 3.05) is 52.9 Å². The van der Waals surface area contributed by atoms with Crippen molar-refractivity contribution in [2.45, 2.75) is 50.6 Å². The molecule has 10 nitrogen and oxygen atoms in total. The van der Waals surface area contributed by atoms with Gasteiger partial charge in [-0.2, -0.15) is 0 Å². The molecule has 1 aromatic rings. The number of imide groups is 1. The van der Waals surface area contributed by atoms with Crippen LogP contribution in [0.4, 0.5) is 10.5 Å². The van der Waals surface area contributed by atoms with Crippen LogP contribution in [0.15, 0.2) is 12.1 Å². The van der Waals surface area contributed by atoms with Crippen LogP contribution in [0.3, 0.4) is 0 Å². The van der Waals surface area contributed by atoms with Crippen molar-refractivity contribution in [1.82, 2.24) is 15.1 Å². The van der Waals surface area contributed by atoms with Crippen LogP contribution in [-0.2, 0) is 9.59 Å². The number of methoxy groups -OCH3 is 3. The van der Waals surface area contributed by atoms with Gasteiger partial charge in [0.1, 0.15) is 6.04 Å². The molecule has 0 bridgehead atoms. The summed E-state index contributed by atoms with van der Waals surface area (Å²) in [7, 11) is 6.19. The third-order valence-corrected chi connectivity index (χ3v) is 7.47. The normalized spacial score (nSPS) is 24.6. The zero-order valence-corrected chi connectivity index (χ0v) is 21.0. The maximum absolute atomic E-state index is 13.2. The number of carbonyl (C=O) groups excluding carboxylic acids is 3. The number of rotatable bonds is 8. The molecule has 4 amide bonds. The van der Waals surface area contributed by atoms with Crippen molar-refractivity contribution < 1.29 is 28.6 Å². The Morgan fingerprint density at radius 2 is 1.71 bits per heavy atom. The number of amides is 4. The number of ether oxygens (including phenoxy) is 3. The summed E-state index contributed by atoms with van der Waals surface area (Å²) in [6.45, 7) is 2.97. The van der Waals surface area contributed by atoms with E-state index in [2.05, 4.69) is 10.2 Å². The summed E-state index contributed by atoms with van der Waals surface area (Å²) in [5.74, 6) is 0.823. The van der Waals surface area contributed by atoms with Gasteiger partial charge in [0.05, 0.1) is 33.4 Å². The highest BCUT2D eigenvalue weighted by molar-refractivity contribution is 6.22. The molecule has 3 aliphatic heterocycles. The number of hydrogen-bond acceptors (Lipinski definition) is 7. The molecule has 0 aliphatic carbocycles. The highest BCUT2D eigenvalue weighted by Gasteiger charge is 2.42. The Morgan fingerprint density at radius 3 is 2.37 bits per heavy atom. The molecule has 0 unspecified atom stereocenters. The summed E-state index contributed by atoms with van der Waals surface area (Å²) in [5, 5.41) is 2.66. The van der Waals surface area contributed by atoms with Crippen molar-refractivity contribution in [3.05, 3.63) is 12.1 Å². The summed E-state index contributed by atoms with van der Waals surface area (Å²) in [4.78, 5) is 44.2. The Kier molecular flexibility index (Phi) is 7.69. The van der Waals surface area contributed by atoms with Crippen molar-refractivity contribution >= 4 is 23.5 Å². The van der Waals surface area contributed by atoms with E-state index in [1.54, 1.807) is 11.9 Å². The predicted octanol–water partition coefficient (Wildman–Crippen LogP) is 2.25. The fraction of sp³-hybridized carbons (Fsp3) is 0.640. The molecular weight excluding hydrogens is 452 g/mol. The number of urea groups is 1. The van der Waals surface area contributed by atoms with E-state index in [1.807, 2.05) is 0 Å². The molecule has 4 rings (SSSR count). The lowest BCUT2D eigenvalue weighted by Crippen LogP contribution is -2.51. The Labute approximate surface area is 206 Å². The zero-order valence-electron chi connectivity index (χ0n) is 21.0. The van der Waals surface area contributed by atoms with Gasteiger partial charge in [-0.1, -0.05) is 6.42 Å². The molecule has 3 fully saturated rings. The second-order valence-corrected chi connectivity index (χ2v) is 9.54. The lowest BCUT2D eigenvalue weighted by molar-refractivity contribution is -0.133. The lowest BCUT2D eigenvalue weighted by Gasteiger charge is -2.45. The summed E-state index contributed by atoms with van der Waals surface area (Å²) >= 11 is 0. The topological polar surface area (TPSA) is 101 Å². The molecule has 3 aliphatic rings. The standard InChI is InChI=1S/C25H36N4O6/c1-27(15-16-8-7-11-28-10-6-5-9-19(16)28)22(30)14-18-24(31)29(25(32)26-18)17-12-20(33-2)23(35-4)21(13-17)34-3/h12-13,16,18-19H,5-11,14-15H2,1-4H3,(H,26,32)/t16-,18-,19+/m0/s1. The highest BCUT2D eigenvalue weighted by atomic mass is 16.5. The largest absolute Gasteiger partial charge is 0.493 e. The molecule has 3 saturated heterocycles. The van der Waals surface area contributed by atoms with E-state index in [-0.39, 0.29) is 18.0 Å². The molecule has 0 spiro atoms. The number of benzene rings is 1. The Bertz CT molecular complexity index is 942. The molecule has 0 saturated carbocycles. The van der Waals surface area contributed by atoms with Crippen LogP contribution in [-0.4, -0.2) is 87.7 Å². The number of anilines is 1. The van der Waals surface area contributed by atoms with Gasteiger partial charge in [-0.25, -0.2) is 9.69 Å². The van der Waals surface area contributed by atoms with Crippen LogP contribution < -0.4 is 24.4 Å². The maximum Gasteiger partial charge on any atom is 0.329 e. The van der Waals surface area contributed by atoms with Gasteiger partial charge in [0.2, 0.25) is 11.7 Å². The molecular formula is C25H36N4O6. The van der Waals surface area contributed by atoms with Crippen molar-refractivity contribution in [3.8, 4) is 17.2 Å². The predicted molar refractivity (Wildman–Crippen MR) is 130 cm³/mol. The fourth-order valence-electron chi connectivity index (χ4n) is 5.68. The van der Waals surface area contributed by atoms with Crippen LogP contribution in [0.25, 0.3) is 0 Å². The molecule has 10 heteroatoms. The van der Waals surface area contributed by atoms with Crippen LogP contribution in [0.2, 0.25) is 0 Å². The van der Waals surface area contributed by atoms with Gasteiger partial charge in [-0.15, -0.1) is 0 Å². The summed E-state index contributed by atoms with van der Waals surface area (Å²) < 4.78 is 16.0. The van der Waals surface area contributed by atoms with Gasteiger partial charge in [-0.3, -0.25) is 9.59 Å². The molecule has 0 aromatic heterocycles. The number of nitrogens with zero attached hydrogens (tertiary/aromatic N) is 3.